The highest BCUT2D eigenvalue weighted by Gasteiger charge is 2.15. The molecule has 0 aromatic carbocycles. The van der Waals surface area contributed by atoms with Crippen molar-refractivity contribution in [2.24, 2.45) is 5.92 Å². The number of carbonyl (C=O) groups is 1. The third-order valence-electron chi connectivity index (χ3n) is 4.13. The molecule has 2 aromatic rings. The summed E-state index contributed by atoms with van der Waals surface area (Å²) < 4.78 is 2.03. The van der Waals surface area contributed by atoms with E-state index in [1.165, 1.54) is 18.2 Å². The summed E-state index contributed by atoms with van der Waals surface area (Å²) in [5.41, 5.74) is 0.976. The zero-order valence-electron chi connectivity index (χ0n) is 16.1. The minimum atomic E-state index is 0.0446. The van der Waals surface area contributed by atoms with Gasteiger partial charge < -0.3 is 9.88 Å². The molecule has 142 valence electrons. The molecule has 1 amide bonds. The smallest absolute Gasteiger partial charge is 0.230 e. The van der Waals surface area contributed by atoms with Crippen LogP contribution in [0.4, 0.5) is 0 Å². The summed E-state index contributed by atoms with van der Waals surface area (Å²) in [4.78, 5) is 16.2. The maximum atomic E-state index is 12.2. The highest BCUT2D eigenvalue weighted by atomic mass is 32.2. The Labute approximate surface area is 160 Å². The summed E-state index contributed by atoms with van der Waals surface area (Å²) in [6.45, 7) is 9.32. The average molecular weight is 376 g/mol. The fraction of sp³-hybridized carbons (Fsp3) is 0.579. The number of pyridine rings is 1. The molecule has 1 atom stereocenters. The van der Waals surface area contributed by atoms with Gasteiger partial charge in [0.25, 0.3) is 0 Å². The number of amides is 1. The molecule has 0 aliphatic heterocycles. The van der Waals surface area contributed by atoms with Crippen LogP contribution in [0.2, 0.25) is 0 Å². The quantitative estimate of drug-likeness (QED) is 0.640. The lowest BCUT2D eigenvalue weighted by Gasteiger charge is -2.14. The second-order valence-electron chi connectivity index (χ2n) is 6.87. The SMILES string of the molecule is CCn1c(SCC(=O)NC(C)CCCC(C)C)nnc1-c1ccncc1. The Morgan fingerprint density at radius 1 is 1.19 bits per heavy atom. The van der Waals surface area contributed by atoms with E-state index in [1.54, 1.807) is 12.4 Å². The van der Waals surface area contributed by atoms with Crippen LogP contribution >= 0.6 is 11.8 Å². The van der Waals surface area contributed by atoms with Crippen molar-refractivity contribution in [3.63, 3.8) is 0 Å². The standard InChI is InChI=1S/C19H29N5OS/c1-5-24-18(16-9-11-20-12-10-16)22-23-19(24)26-13-17(25)21-15(4)8-6-7-14(2)3/h9-12,14-15H,5-8,13H2,1-4H3,(H,21,25). The fourth-order valence-corrected chi connectivity index (χ4v) is 3.56. The molecule has 2 aromatic heterocycles. The zero-order valence-corrected chi connectivity index (χ0v) is 16.9. The van der Waals surface area contributed by atoms with Gasteiger partial charge in [0.05, 0.1) is 5.75 Å². The number of carbonyl (C=O) groups excluding carboxylic acids is 1. The van der Waals surface area contributed by atoms with E-state index in [1.807, 2.05) is 16.7 Å². The van der Waals surface area contributed by atoms with E-state index in [-0.39, 0.29) is 11.9 Å². The van der Waals surface area contributed by atoms with E-state index < -0.39 is 0 Å². The maximum absolute atomic E-state index is 12.2. The van der Waals surface area contributed by atoms with Crippen LogP contribution in [0, 0.1) is 5.92 Å². The molecule has 6 nitrogen and oxygen atoms in total. The molecule has 1 N–H and O–H groups in total. The molecular formula is C19H29N5OS. The van der Waals surface area contributed by atoms with Gasteiger partial charge in [-0.05, 0) is 38.3 Å². The molecule has 7 heteroatoms. The molecule has 2 rings (SSSR count). The van der Waals surface area contributed by atoms with Crippen molar-refractivity contribution in [1.82, 2.24) is 25.1 Å². The lowest BCUT2D eigenvalue weighted by molar-refractivity contribution is -0.119. The Kier molecular flexibility index (Phi) is 8.09. The number of rotatable bonds is 10. The molecule has 0 spiro atoms. The highest BCUT2D eigenvalue weighted by Crippen LogP contribution is 2.23. The molecule has 2 heterocycles. The van der Waals surface area contributed by atoms with Crippen LogP contribution in [0.15, 0.2) is 29.7 Å². The van der Waals surface area contributed by atoms with Crippen LogP contribution < -0.4 is 5.32 Å². The van der Waals surface area contributed by atoms with Gasteiger partial charge >= 0.3 is 0 Å². The number of hydrogen-bond donors (Lipinski definition) is 1. The molecule has 0 bridgehead atoms. The molecule has 0 fully saturated rings. The van der Waals surface area contributed by atoms with Gasteiger partial charge in [0, 0.05) is 30.5 Å². The second kappa shape index (κ2) is 10.3. The summed E-state index contributed by atoms with van der Waals surface area (Å²) in [6.07, 6.45) is 6.85. The Bertz CT molecular complexity index is 686. The third-order valence-corrected chi connectivity index (χ3v) is 5.10. The van der Waals surface area contributed by atoms with Crippen LogP contribution in [0.3, 0.4) is 0 Å². The average Bonchev–Trinajstić information content (AvgIpc) is 3.03. The largest absolute Gasteiger partial charge is 0.353 e. The van der Waals surface area contributed by atoms with Gasteiger partial charge in [-0.3, -0.25) is 9.78 Å². The normalized spacial score (nSPS) is 12.3. The van der Waals surface area contributed by atoms with E-state index >= 15 is 0 Å². The number of nitrogens with zero attached hydrogens (tertiary/aromatic N) is 4. The predicted octanol–water partition coefficient (Wildman–Crippen LogP) is 3.78. The maximum Gasteiger partial charge on any atom is 0.230 e. The Morgan fingerprint density at radius 3 is 2.58 bits per heavy atom. The first-order valence-corrected chi connectivity index (χ1v) is 10.3. The van der Waals surface area contributed by atoms with Crippen LogP contribution in [-0.2, 0) is 11.3 Å². The van der Waals surface area contributed by atoms with E-state index in [2.05, 4.69) is 48.2 Å². The molecule has 0 saturated carbocycles. The van der Waals surface area contributed by atoms with Crippen LogP contribution in [-0.4, -0.2) is 37.5 Å². The van der Waals surface area contributed by atoms with Gasteiger partial charge in [-0.25, -0.2) is 0 Å². The first-order valence-electron chi connectivity index (χ1n) is 9.27. The van der Waals surface area contributed by atoms with Crippen LogP contribution in [0.25, 0.3) is 11.4 Å². The molecule has 0 aliphatic rings. The number of hydrogen-bond acceptors (Lipinski definition) is 5. The van der Waals surface area contributed by atoms with Gasteiger partial charge in [-0.1, -0.05) is 38.5 Å². The summed E-state index contributed by atoms with van der Waals surface area (Å²) in [5.74, 6) is 1.91. The van der Waals surface area contributed by atoms with Crippen molar-refractivity contribution in [2.45, 2.75) is 64.7 Å². The van der Waals surface area contributed by atoms with E-state index in [9.17, 15) is 4.79 Å². The fourth-order valence-electron chi connectivity index (χ4n) is 2.75. The summed E-state index contributed by atoms with van der Waals surface area (Å²) in [5, 5.41) is 12.4. The monoisotopic (exact) mass is 375 g/mol. The van der Waals surface area contributed by atoms with E-state index in [4.69, 9.17) is 0 Å². The topological polar surface area (TPSA) is 72.7 Å². The first-order chi connectivity index (χ1) is 12.5. The molecule has 0 aliphatic carbocycles. The molecule has 26 heavy (non-hydrogen) atoms. The molecular weight excluding hydrogens is 346 g/mol. The lowest BCUT2D eigenvalue weighted by atomic mass is 10.0. The highest BCUT2D eigenvalue weighted by molar-refractivity contribution is 7.99. The van der Waals surface area contributed by atoms with Crippen molar-refractivity contribution in [3.8, 4) is 11.4 Å². The van der Waals surface area contributed by atoms with Crippen LogP contribution in [0.5, 0.6) is 0 Å². The Balaban J connectivity index is 1.87. The Hall–Kier alpha value is -1.89. The molecule has 0 radical (unpaired) electrons. The van der Waals surface area contributed by atoms with Crippen molar-refractivity contribution in [1.29, 1.82) is 0 Å². The van der Waals surface area contributed by atoms with Gasteiger partial charge in [-0.15, -0.1) is 10.2 Å². The van der Waals surface area contributed by atoms with Crippen molar-refractivity contribution in [3.05, 3.63) is 24.5 Å². The molecule has 0 saturated heterocycles. The zero-order chi connectivity index (χ0) is 18.9. The van der Waals surface area contributed by atoms with Crippen molar-refractivity contribution >= 4 is 17.7 Å². The number of thioether (sulfide) groups is 1. The van der Waals surface area contributed by atoms with Gasteiger partial charge in [-0.2, -0.15) is 0 Å². The van der Waals surface area contributed by atoms with Crippen LogP contribution in [0.1, 0.15) is 47.0 Å². The minimum absolute atomic E-state index is 0.0446. The number of nitrogens with one attached hydrogen (secondary N) is 1. The van der Waals surface area contributed by atoms with E-state index in [0.717, 1.165) is 35.9 Å². The third kappa shape index (κ3) is 6.12. The lowest BCUT2D eigenvalue weighted by Crippen LogP contribution is -2.33. The minimum Gasteiger partial charge on any atom is -0.353 e. The second-order valence-corrected chi connectivity index (χ2v) is 7.81. The summed E-state index contributed by atoms with van der Waals surface area (Å²) in [6, 6.07) is 4.03. The summed E-state index contributed by atoms with van der Waals surface area (Å²) in [7, 11) is 0. The van der Waals surface area contributed by atoms with Gasteiger partial charge in [0.2, 0.25) is 5.91 Å². The number of aromatic nitrogens is 4. The Morgan fingerprint density at radius 2 is 1.92 bits per heavy atom. The molecule has 1 unspecified atom stereocenters. The van der Waals surface area contributed by atoms with Crippen molar-refractivity contribution in [2.75, 3.05) is 5.75 Å². The summed E-state index contributed by atoms with van der Waals surface area (Å²) >= 11 is 1.43. The van der Waals surface area contributed by atoms with Gasteiger partial charge in [0.15, 0.2) is 11.0 Å². The predicted molar refractivity (Wildman–Crippen MR) is 106 cm³/mol. The van der Waals surface area contributed by atoms with Crippen molar-refractivity contribution < 1.29 is 4.79 Å². The van der Waals surface area contributed by atoms with Gasteiger partial charge in [0.1, 0.15) is 0 Å². The van der Waals surface area contributed by atoms with E-state index in [0.29, 0.717) is 11.7 Å². The first kappa shape index (κ1) is 20.4.